The fraction of sp³-hybridized carbons (Fsp3) is 0. The van der Waals surface area contributed by atoms with Crippen LogP contribution in [-0.2, 0) is 0 Å². The van der Waals surface area contributed by atoms with Gasteiger partial charge in [-0.15, -0.1) is 0 Å². The van der Waals surface area contributed by atoms with Crippen LogP contribution in [-0.4, -0.2) is 9.97 Å². The van der Waals surface area contributed by atoms with Gasteiger partial charge in [0.05, 0.1) is 0 Å². The molecule has 0 aliphatic heterocycles. The molecule has 3 heteroatoms. The summed E-state index contributed by atoms with van der Waals surface area (Å²) in [6.07, 6.45) is 8.08. The van der Waals surface area contributed by atoms with Gasteiger partial charge in [0.2, 0.25) is 0 Å². The molecule has 0 aliphatic carbocycles. The Bertz CT molecular complexity index is 317. The van der Waals surface area contributed by atoms with Gasteiger partial charge in [-0.2, -0.15) is 0 Å². The monoisotopic (exact) mass is 174 g/mol. The van der Waals surface area contributed by atoms with Crippen LogP contribution in [0.2, 0.25) is 0 Å². The molecule has 1 aromatic rings. The number of nitrogens with zero attached hydrogens (tertiary/aromatic N) is 2. The Labute approximate surface area is 77.1 Å². The van der Waals surface area contributed by atoms with Crippen molar-refractivity contribution in [2.45, 2.75) is 0 Å². The van der Waals surface area contributed by atoms with E-state index in [1.54, 1.807) is 36.7 Å². The number of ether oxygens (including phenoxy) is 1. The van der Waals surface area contributed by atoms with Crippen LogP contribution in [0.1, 0.15) is 0 Å². The first-order valence-electron chi connectivity index (χ1n) is 3.77. The summed E-state index contributed by atoms with van der Waals surface area (Å²) in [6.45, 7) is 7.12. The molecule has 0 spiro atoms. The highest BCUT2D eigenvalue weighted by atomic mass is 16.5. The smallest absolute Gasteiger partial charge is 0.321 e. The van der Waals surface area contributed by atoms with Crippen LogP contribution in [0.25, 0.3) is 0 Å². The Morgan fingerprint density at radius 2 is 2.00 bits per heavy atom. The van der Waals surface area contributed by atoms with Crippen molar-refractivity contribution in [1.29, 1.82) is 0 Å². The lowest BCUT2D eigenvalue weighted by Crippen LogP contribution is -1.95. The first-order chi connectivity index (χ1) is 6.36. The second-order valence-corrected chi connectivity index (χ2v) is 2.14. The van der Waals surface area contributed by atoms with Gasteiger partial charge in [0.25, 0.3) is 0 Å². The first kappa shape index (κ1) is 9.19. The van der Waals surface area contributed by atoms with E-state index in [2.05, 4.69) is 23.1 Å². The Kier molecular flexibility index (Phi) is 3.45. The summed E-state index contributed by atoms with van der Waals surface area (Å²) in [4.78, 5) is 7.78. The van der Waals surface area contributed by atoms with Crippen molar-refractivity contribution >= 4 is 0 Å². The van der Waals surface area contributed by atoms with Crippen molar-refractivity contribution in [2.24, 2.45) is 0 Å². The Morgan fingerprint density at radius 1 is 1.31 bits per heavy atom. The van der Waals surface area contributed by atoms with Crippen molar-refractivity contribution in [1.82, 2.24) is 9.97 Å². The van der Waals surface area contributed by atoms with E-state index in [4.69, 9.17) is 4.74 Å². The topological polar surface area (TPSA) is 35.0 Å². The number of allylic oxidation sites excluding steroid dienone is 3. The highest BCUT2D eigenvalue weighted by Gasteiger charge is 1.96. The van der Waals surface area contributed by atoms with Gasteiger partial charge in [-0.25, -0.2) is 9.97 Å². The summed E-state index contributed by atoms with van der Waals surface area (Å²) >= 11 is 0. The van der Waals surface area contributed by atoms with Crippen LogP contribution in [0.4, 0.5) is 0 Å². The number of rotatable bonds is 4. The molecule has 0 aromatic carbocycles. The van der Waals surface area contributed by atoms with Crippen LogP contribution in [0, 0.1) is 0 Å². The molecule has 13 heavy (non-hydrogen) atoms. The van der Waals surface area contributed by atoms with Crippen LogP contribution in [0.15, 0.2) is 55.6 Å². The molecule has 0 amide bonds. The van der Waals surface area contributed by atoms with Gasteiger partial charge in [0.15, 0.2) is 0 Å². The van der Waals surface area contributed by atoms with Crippen molar-refractivity contribution < 1.29 is 4.74 Å². The number of hydrogen-bond acceptors (Lipinski definition) is 3. The zero-order valence-electron chi connectivity index (χ0n) is 7.18. The van der Waals surface area contributed by atoms with E-state index in [0.717, 1.165) is 0 Å². The molecule has 0 unspecified atom stereocenters. The van der Waals surface area contributed by atoms with E-state index in [0.29, 0.717) is 11.8 Å². The van der Waals surface area contributed by atoms with Gasteiger partial charge >= 0.3 is 6.01 Å². The second kappa shape index (κ2) is 4.87. The van der Waals surface area contributed by atoms with Crippen molar-refractivity contribution in [3.8, 4) is 6.01 Å². The Hall–Kier alpha value is -1.90. The largest absolute Gasteiger partial charge is 0.424 e. The molecule has 1 heterocycles. The van der Waals surface area contributed by atoms with Crippen molar-refractivity contribution in [2.75, 3.05) is 0 Å². The molecule has 0 aliphatic rings. The fourth-order valence-corrected chi connectivity index (χ4v) is 0.703. The maximum Gasteiger partial charge on any atom is 0.321 e. The standard InChI is InChI=1S/C10H10N2O/c1-3-6-9(4-2)13-10-11-7-5-8-12-10/h3-8H,1-2H2. The summed E-state index contributed by atoms with van der Waals surface area (Å²) in [5, 5.41) is 0. The molecular weight excluding hydrogens is 164 g/mol. The minimum absolute atomic E-state index is 0.301. The van der Waals surface area contributed by atoms with Gasteiger partial charge in [-0.3, -0.25) is 0 Å². The second-order valence-electron chi connectivity index (χ2n) is 2.14. The summed E-state index contributed by atoms with van der Waals surface area (Å²) in [6, 6.07) is 2.02. The molecule has 0 radical (unpaired) electrons. The van der Waals surface area contributed by atoms with Crippen LogP contribution < -0.4 is 4.74 Å². The van der Waals surface area contributed by atoms with Gasteiger partial charge in [-0.05, 0) is 18.2 Å². The quantitative estimate of drug-likeness (QED) is 0.518. The first-order valence-corrected chi connectivity index (χ1v) is 3.77. The highest BCUT2D eigenvalue weighted by molar-refractivity contribution is 5.18. The summed E-state index contributed by atoms with van der Waals surface area (Å²) in [5.41, 5.74) is 0. The lowest BCUT2D eigenvalue weighted by Gasteiger charge is -2.01. The van der Waals surface area contributed by atoms with E-state index in [1.165, 1.54) is 0 Å². The molecule has 1 aromatic heterocycles. The van der Waals surface area contributed by atoms with Crippen LogP contribution in [0.3, 0.4) is 0 Å². The van der Waals surface area contributed by atoms with Crippen LogP contribution in [0.5, 0.6) is 6.01 Å². The minimum atomic E-state index is 0.301. The van der Waals surface area contributed by atoms with Gasteiger partial charge in [0.1, 0.15) is 5.76 Å². The Morgan fingerprint density at radius 3 is 2.54 bits per heavy atom. The van der Waals surface area contributed by atoms with Crippen LogP contribution >= 0.6 is 0 Å². The van der Waals surface area contributed by atoms with Crippen molar-refractivity contribution in [3.05, 3.63) is 55.6 Å². The fourth-order valence-electron chi connectivity index (χ4n) is 0.703. The molecule has 0 bridgehead atoms. The normalized spacial score (nSPS) is 10.6. The lowest BCUT2D eigenvalue weighted by molar-refractivity contribution is 0.408. The van der Waals surface area contributed by atoms with E-state index in [1.807, 2.05) is 0 Å². The average Bonchev–Trinajstić information content (AvgIpc) is 2.19. The zero-order chi connectivity index (χ0) is 9.52. The van der Waals surface area contributed by atoms with Gasteiger partial charge in [0, 0.05) is 12.4 Å². The van der Waals surface area contributed by atoms with E-state index < -0.39 is 0 Å². The molecule has 1 rings (SSSR count). The molecule has 0 atom stereocenters. The molecule has 66 valence electrons. The number of hydrogen-bond donors (Lipinski definition) is 0. The average molecular weight is 174 g/mol. The third kappa shape index (κ3) is 2.91. The molecule has 3 nitrogen and oxygen atoms in total. The maximum absolute atomic E-state index is 5.25. The number of aromatic nitrogens is 2. The molecule has 0 saturated heterocycles. The third-order valence-corrected chi connectivity index (χ3v) is 1.23. The van der Waals surface area contributed by atoms with E-state index >= 15 is 0 Å². The molecular formula is C10H10N2O. The maximum atomic E-state index is 5.25. The third-order valence-electron chi connectivity index (χ3n) is 1.23. The molecule has 0 N–H and O–H groups in total. The summed E-state index contributed by atoms with van der Waals surface area (Å²) in [7, 11) is 0. The van der Waals surface area contributed by atoms with E-state index in [9.17, 15) is 0 Å². The van der Waals surface area contributed by atoms with Gasteiger partial charge in [-0.1, -0.05) is 19.2 Å². The lowest BCUT2D eigenvalue weighted by atomic mass is 10.4. The van der Waals surface area contributed by atoms with Crippen molar-refractivity contribution in [3.63, 3.8) is 0 Å². The zero-order valence-corrected chi connectivity index (χ0v) is 7.18. The minimum Gasteiger partial charge on any atom is -0.424 e. The SMILES string of the molecule is C=CC=C(C=C)Oc1ncccn1. The predicted molar refractivity (Wildman–Crippen MR) is 51.1 cm³/mol. The highest BCUT2D eigenvalue weighted by Crippen LogP contribution is 2.05. The summed E-state index contributed by atoms with van der Waals surface area (Å²) in [5.74, 6) is 0.571. The van der Waals surface area contributed by atoms with E-state index in [-0.39, 0.29) is 0 Å². The summed E-state index contributed by atoms with van der Waals surface area (Å²) < 4.78 is 5.25. The molecule has 0 fully saturated rings. The molecule has 0 saturated carbocycles. The Balaban J connectivity index is 2.73. The van der Waals surface area contributed by atoms with Gasteiger partial charge < -0.3 is 4.74 Å². The predicted octanol–water partition coefficient (Wildman–Crippen LogP) is 2.11.